The molecule has 3 rings (SSSR count). The number of hydrogen-bond acceptors (Lipinski definition) is 4. The van der Waals surface area contributed by atoms with E-state index >= 15 is 0 Å². The van der Waals surface area contributed by atoms with E-state index in [2.05, 4.69) is 33.2 Å². The second-order valence-electron chi connectivity index (χ2n) is 6.29. The number of halogens is 3. The van der Waals surface area contributed by atoms with Gasteiger partial charge in [0, 0.05) is 14.7 Å². The highest BCUT2D eigenvalue weighted by molar-refractivity contribution is 14.1. The van der Waals surface area contributed by atoms with Crippen molar-refractivity contribution in [3.8, 4) is 11.5 Å². The first-order valence-corrected chi connectivity index (χ1v) is 10.7. The quantitative estimate of drug-likeness (QED) is 0.350. The third kappa shape index (κ3) is 5.61. The maximum absolute atomic E-state index is 13.0. The van der Waals surface area contributed by atoms with Crippen molar-refractivity contribution in [3.05, 3.63) is 79.3 Å². The van der Waals surface area contributed by atoms with Gasteiger partial charge in [-0.3, -0.25) is 9.59 Å². The summed E-state index contributed by atoms with van der Waals surface area (Å²) >= 11 is 14.1. The maximum Gasteiger partial charge on any atom is 0.257 e. The lowest BCUT2D eigenvalue weighted by Crippen LogP contribution is -2.19. The Kier molecular flexibility index (Phi) is 7.64. The van der Waals surface area contributed by atoms with E-state index in [4.69, 9.17) is 32.7 Å². The Morgan fingerprint density at radius 1 is 0.806 bits per heavy atom. The van der Waals surface area contributed by atoms with Crippen LogP contribution >= 0.6 is 45.8 Å². The normalized spacial score (nSPS) is 10.4. The summed E-state index contributed by atoms with van der Waals surface area (Å²) in [6.07, 6.45) is 0. The minimum absolute atomic E-state index is 0.212. The van der Waals surface area contributed by atoms with E-state index in [1.54, 1.807) is 49.6 Å². The van der Waals surface area contributed by atoms with Crippen molar-refractivity contribution in [3.63, 3.8) is 0 Å². The van der Waals surface area contributed by atoms with Crippen LogP contribution in [0, 0.1) is 3.57 Å². The highest BCUT2D eigenvalue weighted by Crippen LogP contribution is 2.30. The van der Waals surface area contributed by atoms with Gasteiger partial charge in [-0.2, -0.15) is 0 Å². The number of carbonyl (C=O) groups is 2. The van der Waals surface area contributed by atoms with E-state index < -0.39 is 11.8 Å². The Morgan fingerprint density at radius 2 is 1.48 bits per heavy atom. The molecule has 160 valence electrons. The molecule has 3 aromatic rings. The van der Waals surface area contributed by atoms with Crippen molar-refractivity contribution in [2.45, 2.75) is 0 Å². The first kappa shape index (κ1) is 23.2. The number of anilines is 2. The number of hydrogen-bond donors (Lipinski definition) is 2. The topological polar surface area (TPSA) is 76.7 Å². The summed E-state index contributed by atoms with van der Waals surface area (Å²) in [5, 5.41) is 6.19. The Bertz CT molecular complexity index is 1150. The molecule has 0 aliphatic carbocycles. The van der Waals surface area contributed by atoms with Crippen LogP contribution < -0.4 is 20.1 Å². The summed E-state index contributed by atoms with van der Waals surface area (Å²) in [4.78, 5) is 25.8. The molecule has 6 nitrogen and oxygen atoms in total. The second-order valence-corrected chi connectivity index (χ2v) is 8.38. The Hall–Kier alpha value is -2.49. The lowest BCUT2D eigenvalue weighted by molar-refractivity contribution is 0.102. The molecular weight excluding hydrogens is 554 g/mol. The van der Waals surface area contributed by atoms with Gasteiger partial charge in [0.15, 0.2) is 0 Å². The lowest BCUT2D eigenvalue weighted by Gasteiger charge is -2.15. The monoisotopic (exact) mass is 570 g/mol. The van der Waals surface area contributed by atoms with Gasteiger partial charge in [-0.25, -0.2) is 0 Å². The van der Waals surface area contributed by atoms with Gasteiger partial charge in [-0.05, 0) is 71.1 Å². The van der Waals surface area contributed by atoms with E-state index in [0.29, 0.717) is 27.9 Å². The van der Waals surface area contributed by atoms with Gasteiger partial charge in [0.25, 0.3) is 11.8 Å². The largest absolute Gasteiger partial charge is 0.497 e. The lowest BCUT2D eigenvalue weighted by atomic mass is 10.1. The van der Waals surface area contributed by atoms with Gasteiger partial charge in [0.05, 0.1) is 41.7 Å². The third-order valence-electron chi connectivity index (χ3n) is 4.31. The molecule has 0 spiro atoms. The summed E-state index contributed by atoms with van der Waals surface area (Å²) in [5.41, 5.74) is 1.32. The molecule has 2 N–H and O–H groups in total. The fourth-order valence-electron chi connectivity index (χ4n) is 2.77. The first-order valence-electron chi connectivity index (χ1n) is 8.91. The van der Waals surface area contributed by atoms with Crippen LogP contribution in [0.3, 0.4) is 0 Å². The van der Waals surface area contributed by atoms with Crippen LogP contribution in [0.25, 0.3) is 0 Å². The Morgan fingerprint density at radius 3 is 2.16 bits per heavy atom. The summed E-state index contributed by atoms with van der Waals surface area (Å²) in [6, 6.07) is 14.7. The standard InChI is InChI=1S/C22H17Cl2IN2O4/c1-30-14-5-8-19(20(11-14)31-2)27-22(29)16-10-13(25)4-7-18(16)26-21(28)15-6-3-12(23)9-17(15)24/h3-11H,1-2H3,(H,26,28)(H,27,29). The van der Waals surface area contributed by atoms with Crippen LogP contribution in [0.5, 0.6) is 11.5 Å². The molecule has 0 aliphatic rings. The molecule has 0 saturated heterocycles. The van der Waals surface area contributed by atoms with Crippen LogP contribution in [0.2, 0.25) is 10.0 Å². The highest BCUT2D eigenvalue weighted by atomic mass is 127. The molecule has 0 saturated carbocycles. The zero-order valence-electron chi connectivity index (χ0n) is 16.5. The smallest absolute Gasteiger partial charge is 0.257 e. The molecule has 0 atom stereocenters. The number of carbonyl (C=O) groups excluding carboxylic acids is 2. The van der Waals surface area contributed by atoms with Crippen LogP contribution in [-0.4, -0.2) is 26.0 Å². The molecule has 0 aliphatic heterocycles. The molecule has 3 aromatic carbocycles. The van der Waals surface area contributed by atoms with E-state index in [1.807, 2.05) is 0 Å². The van der Waals surface area contributed by atoms with E-state index in [9.17, 15) is 9.59 Å². The van der Waals surface area contributed by atoms with Gasteiger partial charge in [0.2, 0.25) is 0 Å². The van der Waals surface area contributed by atoms with Gasteiger partial charge in [-0.1, -0.05) is 23.2 Å². The van der Waals surface area contributed by atoms with E-state index in [1.165, 1.54) is 19.2 Å². The minimum atomic E-state index is -0.459. The van der Waals surface area contributed by atoms with Gasteiger partial charge in [0.1, 0.15) is 11.5 Å². The average molecular weight is 571 g/mol. The van der Waals surface area contributed by atoms with Crippen molar-refractivity contribution in [2.24, 2.45) is 0 Å². The number of amides is 2. The molecule has 2 amide bonds. The molecule has 31 heavy (non-hydrogen) atoms. The summed E-state index contributed by atoms with van der Waals surface area (Å²) < 4.78 is 11.3. The predicted molar refractivity (Wildman–Crippen MR) is 131 cm³/mol. The number of benzene rings is 3. The zero-order chi connectivity index (χ0) is 22.5. The number of methoxy groups -OCH3 is 2. The van der Waals surface area contributed by atoms with Crippen LogP contribution in [0.1, 0.15) is 20.7 Å². The maximum atomic E-state index is 13.0. The van der Waals surface area contributed by atoms with E-state index in [0.717, 1.165) is 3.57 Å². The summed E-state index contributed by atoms with van der Waals surface area (Å²) in [7, 11) is 3.04. The minimum Gasteiger partial charge on any atom is -0.497 e. The molecule has 0 bridgehead atoms. The molecule has 0 heterocycles. The van der Waals surface area contributed by atoms with Gasteiger partial charge >= 0.3 is 0 Å². The van der Waals surface area contributed by atoms with Crippen molar-refractivity contribution < 1.29 is 19.1 Å². The average Bonchev–Trinajstić information content (AvgIpc) is 2.75. The second kappa shape index (κ2) is 10.2. The molecule has 9 heteroatoms. The number of rotatable bonds is 6. The van der Waals surface area contributed by atoms with Crippen LogP contribution in [0.15, 0.2) is 54.6 Å². The fourth-order valence-corrected chi connectivity index (χ4v) is 3.75. The van der Waals surface area contributed by atoms with Gasteiger partial charge < -0.3 is 20.1 Å². The predicted octanol–water partition coefficient (Wildman–Crippen LogP) is 6.12. The van der Waals surface area contributed by atoms with Crippen molar-refractivity contribution in [1.82, 2.24) is 0 Å². The van der Waals surface area contributed by atoms with Crippen molar-refractivity contribution in [2.75, 3.05) is 24.9 Å². The molecule has 0 aromatic heterocycles. The summed E-state index contributed by atoms with van der Waals surface area (Å²) in [6.45, 7) is 0. The number of nitrogens with one attached hydrogen (secondary N) is 2. The van der Waals surface area contributed by atoms with Gasteiger partial charge in [-0.15, -0.1) is 0 Å². The molecule has 0 unspecified atom stereocenters. The van der Waals surface area contributed by atoms with E-state index in [-0.39, 0.29) is 16.1 Å². The Balaban J connectivity index is 1.89. The molecular formula is C22H17Cl2IN2O4. The Labute approximate surface area is 203 Å². The zero-order valence-corrected chi connectivity index (χ0v) is 20.1. The first-order chi connectivity index (χ1) is 14.8. The van der Waals surface area contributed by atoms with Crippen molar-refractivity contribution in [1.29, 1.82) is 0 Å². The van der Waals surface area contributed by atoms with Crippen LogP contribution in [0.4, 0.5) is 11.4 Å². The fraction of sp³-hybridized carbons (Fsp3) is 0.0909. The molecule has 0 fully saturated rings. The van der Waals surface area contributed by atoms with Crippen molar-refractivity contribution >= 4 is 69.0 Å². The summed E-state index contributed by atoms with van der Waals surface area (Å²) in [5.74, 6) is 0.159. The third-order valence-corrected chi connectivity index (χ3v) is 5.53. The highest BCUT2D eigenvalue weighted by Gasteiger charge is 2.18. The molecule has 0 radical (unpaired) electrons. The number of ether oxygens (including phenoxy) is 2. The van der Waals surface area contributed by atoms with Crippen LogP contribution in [-0.2, 0) is 0 Å². The SMILES string of the molecule is COc1ccc(NC(=O)c2cc(I)ccc2NC(=O)c2ccc(Cl)cc2Cl)c(OC)c1.